The number of nitrogen functional groups attached to an aromatic ring is 1. The van der Waals surface area contributed by atoms with Crippen LogP contribution in [0.25, 0.3) is 0 Å². The van der Waals surface area contributed by atoms with Crippen molar-refractivity contribution in [3.8, 4) is 0 Å². The summed E-state index contributed by atoms with van der Waals surface area (Å²) in [5, 5.41) is 0.441. The van der Waals surface area contributed by atoms with Gasteiger partial charge in [0.05, 0.1) is 10.7 Å². The number of anilines is 1. The van der Waals surface area contributed by atoms with Crippen molar-refractivity contribution in [2.45, 2.75) is 13.8 Å². The lowest BCUT2D eigenvalue weighted by Crippen LogP contribution is -2.28. The molecular weight excluding hydrogens is 236 g/mol. The van der Waals surface area contributed by atoms with Gasteiger partial charge in [0, 0.05) is 18.7 Å². The van der Waals surface area contributed by atoms with E-state index in [0.717, 1.165) is 13.1 Å². The van der Waals surface area contributed by atoms with Gasteiger partial charge >= 0.3 is 0 Å². The lowest BCUT2D eigenvalue weighted by atomic mass is 10.0. The van der Waals surface area contributed by atoms with E-state index in [9.17, 15) is 4.79 Å². The highest BCUT2D eigenvalue weighted by Crippen LogP contribution is 2.25. The molecule has 0 aliphatic carbocycles. The first-order valence-corrected chi connectivity index (χ1v) is 6.21. The molecule has 1 saturated heterocycles. The van der Waals surface area contributed by atoms with Crippen molar-refractivity contribution < 1.29 is 4.79 Å². The zero-order chi connectivity index (χ0) is 12.6. The van der Waals surface area contributed by atoms with E-state index in [2.05, 4.69) is 13.8 Å². The Bertz CT molecular complexity index is 437. The molecule has 2 atom stereocenters. The summed E-state index contributed by atoms with van der Waals surface area (Å²) in [6, 6.07) is 5.06. The van der Waals surface area contributed by atoms with Gasteiger partial charge in [0.25, 0.3) is 5.91 Å². The van der Waals surface area contributed by atoms with E-state index >= 15 is 0 Å². The fourth-order valence-corrected chi connectivity index (χ4v) is 2.32. The first-order valence-electron chi connectivity index (χ1n) is 5.83. The highest BCUT2D eigenvalue weighted by molar-refractivity contribution is 6.33. The Labute approximate surface area is 107 Å². The van der Waals surface area contributed by atoms with E-state index in [-0.39, 0.29) is 5.91 Å². The molecule has 2 N–H and O–H groups in total. The third kappa shape index (κ3) is 2.39. The molecule has 0 spiro atoms. The first-order chi connectivity index (χ1) is 7.99. The maximum absolute atomic E-state index is 12.2. The average Bonchev–Trinajstić information content (AvgIpc) is 2.62. The second kappa shape index (κ2) is 4.57. The van der Waals surface area contributed by atoms with Crippen molar-refractivity contribution in [1.82, 2.24) is 4.90 Å². The Kier molecular flexibility index (Phi) is 3.29. The van der Waals surface area contributed by atoms with Crippen LogP contribution in [0.1, 0.15) is 24.2 Å². The van der Waals surface area contributed by atoms with Crippen molar-refractivity contribution in [2.75, 3.05) is 18.8 Å². The molecule has 1 amide bonds. The molecule has 0 radical (unpaired) electrons. The number of nitrogens with zero attached hydrogens (tertiary/aromatic N) is 1. The monoisotopic (exact) mass is 252 g/mol. The van der Waals surface area contributed by atoms with Gasteiger partial charge in [-0.25, -0.2) is 0 Å². The fourth-order valence-electron chi connectivity index (χ4n) is 2.14. The van der Waals surface area contributed by atoms with Crippen LogP contribution in [0.3, 0.4) is 0 Å². The van der Waals surface area contributed by atoms with Gasteiger partial charge < -0.3 is 10.6 Å². The minimum atomic E-state index is 0.0445. The molecule has 1 heterocycles. The first kappa shape index (κ1) is 12.2. The molecule has 1 aliphatic heterocycles. The predicted octanol–water partition coefficient (Wildman–Crippen LogP) is 2.65. The number of nitrogens with two attached hydrogens (primary N) is 1. The largest absolute Gasteiger partial charge is 0.398 e. The van der Waals surface area contributed by atoms with Gasteiger partial charge in [-0.05, 0) is 30.0 Å². The molecule has 1 fully saturated rings. The van der Waals surface area contributed by atoms with Crippen LogP contribution in [0, 0.1) is 11.8 Å². The number of halogens is 1. The van der Waals surface area contributed by atoms with E-state index in [1.165, 1.54) is 0 Å². The van der Waals surface area contributed by atoms with Crippen LogP contribution in [-0.4, -0.2) is 23.9 Å². The van der Waals surface area contributed by atoms with Gasteiger partial charge in [-0.3, -0.25) is 4.79 Å². The van der Waals surface area contributed by atoms with Crippen LogP contribution in [-0.2, 0) is 0 Å². The van der Waals surface area contributed by atoms with Crippen LogP contribution in [0.5, 0.6) is 0 Å². The van der Waals surface area contributed by atoms with E-state index < -0.39 is 0 Å². The molecule has 1 aromatic rings. The summed E-state index contributed by atoms with van der Waals surface area (Å²) in [7, 11) is 0. The molecule has 92 valence electrons. The minimum Gasteiger partial charge on any atom is -0.398 e. The van der Waals surface area contributed by atoms with Gasteiger partial charge in [0.15, 0.2) is 0 Å². The normalized spacial score (nSPS) is 24.1. The van der Waals surface area contributed by atoms with Gasteiger partial charge in [-0.15, -0.1) is 0 Å². The lowest BCUT2D eigenvalue weighted by Gasteiger charge is -2.16. The number of amides is 1. The summed E-state index contributed by atoms with van der Waals surface area (Å²) in [5.41, 5.74) is 6.75. The zero-order valence-corrected chi connectivity index (χ0v) is 10.9. The molecule has 3 nitrogen and oxygen atoms in total. The van der Waals surface area contributed by atoms with Crippen LogP contribution in [0.2, 0.25) is 5.02 Å². The number of carbonyl (C=O) groups excluding carboxylic acids is 1. The summed E-state index contributed by atoms with van der Waals surface area (Å²) in [4.78, 5) is 14.1. The number of hydrogen-bond acceptors (Lipinski definition) is 2. The number of hydrogen-bond donors (Lipinski definition) is 1. The smallest absolute Gasteiger partial charge is 0.253 e. The fraction of sp³-hybridized carbons (Fsp3) is 0.462. The van der Waals surface area contributed by atoms with Crippen LogP contribution >= 0.6 is 11.6 Å². The maximum atomic E-state index is 12.2. The third-order valence-electron chi connectivity index (χ3n) is 3.52. The molecule has 2 rings (SSSR count). The zero-order valence-electron chi connectivity index (χ0n) is 10.1. The highest BCUT2D eigenvalue weighted by Gasteiger charge is 2.29. The summed E-state index contributed by atoms with van der Waals surface area (Å²) < 4.78 is 0. The molecule has 17 heavy (non-hydrogen) atoms. The highest BCUT2D eigenvalue weighted by atomic mass is 35.5. The van der Waals surface area contributed by atoms with Gasteiger partial charge in [0.1, 0.15) is 0 Å². The second-order valence-electron chi connectivity index (χ2n) is 4.90. The van der Waals surface area contributed by atoms with Crippen molar-refractivity contribution >= 4 is 23.2 Å². The maximum Gasteiger partial charge on any atom is 0.253 e. The van der Waals surface area contributed by atoms with Crippen LogP contribution in [0.4, 0.5) is 5.69 Å². The van der Waals surface area contributed by atoms with Crippen molar-refractivity contribution in [2.24, 2.45) is 11.8 Å². The van der Waals surface area contributed by atoms with Crippen LogP contribution in [0.15, 0.2) is 18.2 Å². The molecule has 4 heteroatoms. The number of carbonyl (C=O) groups is 1. The van der Waals surface area contributed by atoms with E-state index in [1.807, 2.05) is 4.90 Å². The molecule has 1 aliphatic rings. The third-order valence-corrected chi connectivity index (χ3v) is 3.85. The molecule has 0 bridgehead atoms. The lowest BCUT2D eigenvalue weighted by molar-refractivity contribution is 0.0785. The molecule has 2 unspecified atom stereocenters. The molecule has 0 saturated carbocycles. The number of rotatable bonds is 1. The van der Waals surface area contributed by atoms with E-state index in [4.69, 9.17) is 17.3 Å². The average molecular weight is 253 g/mol. The van der Waals surface area contributed by atoms with Gasteiger partial charge in [-0.1, -0.05) is 25.4 Å². The molecule has 1 aromatic carbocycles. The van der Waals surface area contributed by atoms with Gasteiger partial charge in [-0.2, -0.15) is 0 Å². The SMILES string of the molecule is CC1CN(C(=O)c2ccc(N)c(Cl)c2)CC1C. The summed E-state index contributed by atoms with van der Waals surface area (Å²) in [5.74, 6) is 1.16. The van der Waals surface area contributed by atoms with Crippen molar-refractivity contribution in [3.05, 3.63) is 28.8 Å². The minimum absolute atomic E-state index is 0.0445. The summed E-state index contributed by atoms with van der Waals surface area (Å²) >= 11 is 5.93. The summed E-state index contributed by atoms with van der Waals surface area (Å²) in [6.45, 7) is 5.99. The molecular formula is C13H17ClN2O. The second-order valence-corrected chi connectivity index (χ2v) is 5.31. The number of likely N-dealkylation sites (tertiary alicyclic amines) is 1. The summed E-state index contributed by atoms with van der Waals surface area (Å²) in [6.07, 6.45) is 0. The van der Waals surface area contributed by atoms with E-state index in [0.29, 0.717) is 28.1 Å². The van der Waals surface area contributed by atoms with E-state index in [1.54, 1.807) is 18.2 Å². The van der Waals surface area contributed by atoms with Crippen molar-refractivity contribution in [1.29, 1.82) is 0 Å². The van der Waals surface area contributed by atoms with Crippen molar-refractivity contribution in [3.63, 3.8) is 0 Å². The standard InChI is InChI=1S/C13H17ClN2O/c1-8-6-16(7-9(8)2)13(17)10-3-4-12(15)11(14)5-10/h3-5,8-9H,6-7,15H2,1-2H3. The van der Waals surface area contributed by atoms with Crippen LogP contribution < -0.4 is 5.73 Å². The topological polar surface area (TPSA) is 46.3 Å². The Morgan fingerprint density at radius 2 is 1.94 bits per heavy atom. The quantitative estimate of drug-likeness (QED) is 0.781. The van der Waals surface area contributed by atoms with Gasteiger partial charge in [0.2, 0.25) is 0 Å². The Balaban J connectivity index is 2.17. The number of benzene rings is 1. The Hall–Kier alpha value is -1.22. The Morgan fingerprint density at radius 3 is 2.47 bits per heavy atom. The molecule has 0 aromatic heterocycles. The predicted molar refractivity (Wildman–Crippen MR) is 70.1 cm³/mol. The Morgan fingerprint density at radius 1 is 1.35 bits per heavy atom.